The predicted octanol–water partition coefficient (Wildman–Crippen LogP) is 2.41. The lowest BCUT2D eigenvalue weighted by Gasteiger charge is -2.23. The van der Waals surface area contributed by atoms with Gasteiger partial charge in [0, 0.05) is 12.1 Å². The number of aliphatic hydroxyl groups is 1. The average Bonchev–Trinajstić information content (AvgIpc) is 3.07. The molecule has 1 aromatic carbocycles. The van der Waals surface area contributed by atoms with Crippen LogP contribution in [0.2, 0.25) is 0 Å². The number of fused-ring (bicyclic) bond motifs is 1. The number of thiophene rings is 1. The maximum absolute atomic E-state index is 14.2. The molecule has 2 amide bonds. The molecule has 0 fully saturated rings. The molecule has 0 spiro atoms. The number of hydrogen-bond donors (Lipinski definition) is 3. The molecule has 126 valence electrons. The van der Waals surface area contributed by atoms with Gasteiger partial charge in [0.25, 0.3) is 5.91 Å². The highest BCUT2D eigenvalue weighted by atomic mass is 32.1. The third-order valence-electron chi connectivity index (χ3n) is 4.07. The van der Waals surface area contributed by atoms with E-state index < -0.39 is 17.3 Å². The average molecular weight is 348 g/mol. The van der Waals surface area contributed by atoms with Crippen molar-refractivity contribution in [1.29, 1.82) is 0 Å². The quantitative estimate of drug-likeness (QED) is 0.794. The van der Waals surface area contributed by atoms with E-state index in [1.165, 1.54) is 23.5 Å². The molecule has 1 aliphatic heterocycles. The lowest BCUT2D eigenvalue weighted by Crippen LogP contribution is -2.38. The fourth-order valence-electron chi connectivity index (χ4n) is 2.60. The summed E-state index contributed by atoms with van der Waals surface area (Å²) >= 11 is 1.45. The van der Waals surface area contributed by atoms with Crippen LogP contribution >= 0.6 is 11.3 Å². The normalized spacial score (nSPS) is 16.0. The SMILES string of the molecule is CC(O)(CNC(=O)c1cc2c(cc1F)NC(=O)CC2)c1ccsc1. The van der Waals surface area contributed by atoms with E-state index in [0.717, 1.165) is 5.56 Å². The van der Waals surface area contributed by atoms with E-state index >= 15 is 0 Å². The van der Waals surface area contributed by atoms with Crippen molar-refractivity contribution in [3.8, 4) is 0 Å². The molecule has 1 atom stereocenters. The monoisotopic (exact) mass is 348 g/mol. The predicted molar refractivity (Wildman–Crippen MR) is 89.6 cm³/mol. The van der Waals surface area contributed by atoms with Gasteiger partial charge in [-0.2, -0.15) is 11.3 Å². The summed E-state index contributed by atoms with van der Waals surface area (Å²) in [5, 5.41) is 19.2. The second-order valence-corrected chi connectivity index (χ2v) is 6.79. The molecule has 3 rings (SSSR count). The van der Waals surface area contributed by atoms with Crippen molar-refractivity contribution in [2.24, 2.45) is 0 Å². The highest BCUT2D eigenvalue weighted by Gasteiger charge is 2.26. The Morgan fingerprint density at radius 1 is 1.46 bits per heavy atom. The van der Waals surface area contributed by atoms with Gasteiger partial charge in [-0.05, 0) is 53.4 Å². The van der Waals surface area contributed by atoms with Crippen molar-refractivity contribution >= 4 is 28.8 Å². The van der Waals surface area contributed by atoms with E-state index in [0.29, 0.717) is 24.1 Å². The van der Waals surface area contributed by atoms with Gasteiger partial charge in [-0.1, -0.05) is 0 Å². The van der Waals surface area contributed by atoms with Crippen LogP contribution in [0.4, 0.5) is 10.1 Å². The van der Waals surface area contributed by atoms with Gasteiger partial charge in [-0.25, -0.2) is 4.39 Å². The van der Waals surface area contributed by atoms with Crippen LogP contribution in [0.3, 0.4) is 0 Å². The van der Waals surface area contributed by atoms with E-state index in [1.54, 1.807) is 18.4 Å². The first-order chi connectivity index (χ1) is 11.4. The van der Waals surface area contributed by atoms with E-state index in [1.807, 2.05) is 5.38 Å². The zero-order valence-electron chi connectivity index (χ0n) is 13.1. The third-order valence-corrected chi connectivity index (χ3v) is 4.75. The highest BCUT2D eigenvalue weighted by molar-refractivity contribution is 7.08. The summed E-state index contributed by atoms with van der Waals surface area (Å²) in [6.07, 6.45) is 0.779. The van der Waals surface area contributed by atoms with E-state index in [4.69, 9.17) is 0 Å². The molecule has 3 N–H and O–H groups in total. The molecule has 2 heterocycles. The molecule has 0 saturated heterocycles. The first-order valence-electron chi connectivity index (χ1n) is 7.52. The van der Waals surface area contributed by atoms with Crippen LogP contribution in [0.5, 0.6) is 0 Å². The third kappa shape index (κ3) is 3.32. The molecule has 24 heavy (non-hydrogen) atoms. The molecule has 0 aliphatic carbocycles. The van der Waals surface area contributed by atoms with Gasteiger partial charge in [0.05, 0.1) is 12.1 Å². The van der Waals surface area contributed by atoms with Gasteiger partial charge in [-0.3, -0.25) is 9.59 Å². The lowest BCUT2D eigenvalue weighted by molar-refractivity contribution is -0.116. The molecular formula is C17H17FN2O3S. The van der Waals surface area contributed by atoms with Gasteiger partial charge in [0.2, 0.25) is 5.91 Å². The molecule has 5 nitrogen and oxygen atoms in total. The number of amides is 2. The number of halogens is 1. The Labute approximate surface area is 142 Å². The molecule has 1 unspecified atom stereocenters. The van der Waals surface area contributed by atoms with E-state index in [2.05, 4.69) is 10.6 Å². The fourth-order valence-corrected chi connectivity index (χ4v) is 3.38. The topological polar surface area (TPSA) is 78.4 Å². The highest BCUT2D eigenvalue weighted by Crippen LogP contribution is 2.26. The summed E-state index contributed by atoms with van der Waals surface area (Å²) in [5.41, 5.74) is 0.512. The fraction of sp³-hybridized carbons (Fsp3) is 0.294. The number of hydrogen-bond acceptors (Lipinski definition) is 4. The Balaban J connectivity index is 1.75. The lowest BCUT2D eigenvalue weighted by atomic mass is 9.98. The van der Waals surface area contributed by atoms with E-state index in [9.17, 15) is 19.1 Å². The Bertz CT molecular complexity index is 787. The van der Waals surface area contributed by atoms with Crippen LogP contribution in [0.15, 0.2) is 29.0 Å². The van der Waals surface area contributed by atoms with Crippen molar-refractivity contribution < 1.29 is 19.1 Å². The summed E-state index contributed by atoms with van der Waals surface area (Å²) in [6.45, 7) is 1.56. The van der Waals surface area contributed by atoms with Crippen LogP contribution in [0.25, 0.3) is 0 Å². The summed E-state index contributed by atoms with van der Waals surface area (Å²) in [5.74, 6) is -1.46. The first kappa shape index (κ1) is 16.6. The Kier molecular flexibility index (Phi) is 4.38. The molecule has 7 heteroatoms. The number of aryl methyl sites for hydroxylation is 1. The molecule has 1 aromatic heterocycles. The number of nitrogens with one attached hydrogen (secondary N) is 2. The minimum Gasteiger partial charge on any atom is -0.384 e. The molecule has 0 radical (unpaired) electrons. The Morgan fingerprint density at radius 3 is 2.96 bits per heavy atom. The Morgan fingerprint density at radius 2 is 2.25 bits per heavy atom. The van der Waals surface area contributed by atoms with Gasteiger partial charge >= 0.3 is 0 Å². The smallest absolute Gasteiger partial charge is 0.254 e. The molecule has 0 bridgehead atoms. The standard InChI is InChI=1S/C17H17FN2O3S/c1-17(23,11-4-5-24-8-11)9-19-16(22)12-6-10-2-3-15(21)20-14(10)7-13(12)18/h4-8,23H,2-3,9H2,1H3,(H,19,22)(H,20,21). The van der Waals surface area contributed by atoms with Crippen LogP contribution in [-0.4, -0.2) is 23.5 Å². The van der Waals surface area contributed by atoms with Crippen LogP contribution in [-0.2, 0) is 16.8 Å². The second kappa shape index (κ2) is 6.33. The number of rotatable bonds is 4. The number of anilines is 1. The van der Waals surface area contributed by atoms with Gasteiger partial charge < -0.3 is 15.7 Å². The van der Waals surface area contributed by atoms with Crippen LogP contribution < -0.4 is 10.6 Å². The largest absolute Gasteiger partial charge is 0.384 e. The Hall–Kier alpha value is -2.25. The maximum atomic E-state index is 14.2. The molecule has 2 aromatic rings. The maximum Gasteiger partial charge on any atom is 0.254 e. The van der Waals surface area contributed by atoms with E-state index in [-0.39, 0.29) is 18.0 Å². The van der Waals surface area contributed by atoms with Gasteiger partial charge in [0.1, 0.15) is 11.4 Å². The minimum absolute atomic E-state index is 0.0319. The zero-order chi connectivity index (χ0) is 17.3. The summed E-state index contributed by atoms with van der Waals surface area (Å²) < 4.78 is 14.2. The number of benzene rings is 1. The molecule has 0 saturated carbocycles. The van der Waals surface area contributed by atoms with Crippen molar-refractivity contribution in [1.82, 2.24) is 5.32 Å². The molecular weight excluding hydrogens is 331 g/mol. The first-order valence-corrected chi connectivity index (χ1v) is 8.46. The minimum atomic E-state index is -1.23. The van der Waals surface area contributed by atoms with Crippen LogP contribution in [0, 0.1) is 5.82 Å². The van der Waals surface area contributed by atoms with Gasteiger partial charge in [-0.15, -0.1) is 0 Å². The summed E-state index contributed by atoms with van der Waals surface area (Å²) in [6, 6.07) is 4.40. The summed E-state index contributed by atoms with van der Waals surface area (Å²) in [4.78, 5) is 23.6. The van der Waals surface area contributed by atoms with Crippen molar-refractivity contribution in [3.63, 3.8) is 0 Å². The number of carbonyl (C=O) groups is 2. The van der Waals surface area contributed by atoms with Crippen molar-refractivity contribution in [3.05, 3.63) is 51.5 Å². The van der Waals surface area contributed by atoms with Crippen LogP contribution in [0.1, 0.15) is 34.8 Å². The van der Waals surface area contributed by atoms with Gasteiger partial charge in [0.15, 0.2) is 0 Å². The summed E-state index contributed by atoms with van der Waals surface area (Å²) in [7, 11) is 0. The second-order valence-electron chi connectivity index (χ2n) is 6.01. The van der Waals surface area contributed by atoms with Crippen molar-refractivity contribution in [2.45, 2.75) is 25.4 Å². The zero-order valence-corrected chi connectivity index (χ0v) is 13.9. The van der Waals surface area contributed by atoms with Crippen molar-refractivity contribution in [2.75, 3.05) is 11.9 Å². The number of carbonyl (C=O) groups excluding carboxylic acids is 2. The molecule has 1 aliphatic rings.